The maximum Gasteiger partial charge on any atom is 0.335 e. The van der Waals surface area contributed by atoms with Crippen molar-refractivity contribution in [1.82, 2.24) is 14.1 Å². The first-order chi connectivity index (χ1) is 23.3. The van der Waals surface area contributed by atoms with E-state index in [9.17, 15) is 18.8 Å². The van der Waals surface area contributed by atoms with Gasteiger partial charge < -0.3 is 33.6 Å². The summed E-state index contributed by atoms with van der Waals surface area (Å²) >= 11 is 0. The Balaban J connectivity index is 1.15. The van der Waals surface area contributed by atoms with E-state index in [0.29, 0.717) is 48.0 Å². The maximum atomic E-state index is 15.4. The molecule has 2 aliphatic rings. The van der Waals surface area contributed by atoms with E-state index in [2.05, 4.69) is 10.3 Å². The Hall–Kier alpha value is -5.76. The Morgan fingerprint density at radius 1 is 0.917 bits per heavy atom. The Kier molecular flexibility index (Phi) is 8.23. The van der Waals surface area contributed by atoms with Crippen LogP contribution in [0.25, 0.3) is 16.6 Å². The molecule has 0 spiro atoms. The average molecular weight is 659 g/mol. The molecule has 2 aromatic heterocycles. The van der Waals surface area contributed by atoms with E-state index in [4.69, 9.17) is 23.7 Å². The maximum absolute atomic E-state index is 15.4. The van der Waals surface area contributed by atoms with Gasteiger partial charge in [0, 0.05) is 50.1 Å². The number of hydrogen-bond donors (Lipinski definition) is 1. The van der Waals surface area contributed by atoms with Crippen molar-refractivity contribution in [3.05, 3.63) is 105 Å². The zero-order chi connectivity index (χ0) is 33.4. The molecule has 1 amide bonds. The summed E-state index contributed by atoms with van der Waals surface area (Å²) in [6.45, 7) is 1.81. The van der Waals surface area contributed by atoms with Crippen molar-refractivity contribution < 1.29 is 37.3 Å². The monoisotopic (exact) mass is 658 g/mol. The second kappa shape index (κ2) is 12.8. The van der Waals surface area contributed by atoms with Crippen molar-refractivity contribution in [2.75, 3.05) is 31.7 Å². The second-order valence-corrected chi connectivity index (χ2v) is 11.1. The number of ether oxygens (including phenoxy) is 5. The molecule has 0 atom stereocenters. The summed E-state index contributed by atoms with van der Waals surface area (Å²) in [5.41, 5.74) is -1.46. The summed E-state index contributed by atoms with van der Waals surface area (Å²) in [6.07, 6.45) is 4.01. The number of halogens is 2. The van der Waals surface area contributed by atoms with Crippen LogP contribution in [0.5, 0.6) is 28.7 Å². The summed E-state index contributed by atoms with van der Waals surface area (Å²) < 4.78 is 60.3. The molecule has 5 aromatic rings. The summed E-state index contributed by atoms with van der Waals surface area (Å²) in [5, 5.41) is 2.95. The molecule has 0 saturated carbocycles. The predicted molar refractivity (Wildman–Crippen MR) is 169 cm³/mol. The van der Waals surface area contributed by atoms with Crippen molar-refractivity contribution in [2.45, 2.75) is 18.9 Å². The fraction of sp³-hybridized carbons (Fsp3) is 0.235. The van der Waals surface area contributed by atoms with Gasteiger partial charge in [-0.3, -0.25) is 14.6 Å². The lowest BCUT2D eigenvalue weighted by molar-refractivity contribution is 0.0234. The lowest BCUT2D eigenvalue weighted by Gasteiger charge is -2.27. The van der Waals surface area contributed by atoms with Crippen LogP contribution in [0.3, 0.4) is 0 Å². The highest BCUT2D eigenvalue weighted by Gasteiger charge is 2.27. The van der Waals surface area contributed by atoms with Gasteiger partial charge in [0.2, 0.25) is 5.75 Å². The van der Waals surface area contributed by atoms with E-state index in [1.807, 2.05) is 0 Å². The molecular formula is C34H28F2N4O8. The molecule has 0 bridgehead atoms. The number of hydrogen-bond acceptors (Lipinski definition) is 9. The highest BCUT2D eigenvalue weighted by atomic mass is 19.1. The van der Waals surface area contributed by atoms with Crippen LogP contribution in [0.15, 0.2) is 76.6 Å². The van der Waals surface area contributed by atoms with Gasteiger partial charge >= 0.3 is 5.69 Å². The van der Waals surface area contributed by atoms with Crippen molar-refractivity contribution in [2.24, 2.45) is 7.05 Å². The van der Waals surface area contributed by atoms with Crippen LogP contribution < -0.4 is 35.5 Å². The highest BCUT2D eigenvalue weighted by molar-refractivity contribution is 6.04. The van der Waals surface area contributed by atoms with Gasteiger partial charge in [-0.15, -0.1) is 0 Å². The zero-order valence-electron chi connectivity index (χ0n) is 25.5. The average Bonchev–Trinajstić information content (AvgIpc) is 3.09. The number of carbonyl (C=O) groups excluding carboxylic acids is 1. The Morgan fingerprint density at radius 2 is 1.67 bits per heavy atom. The van der Waals surface area contributed by atoms with Crippen LogP contribution in [0.2, 0.25) is 0 Å². The number of carbonyl (C=O) groups is 1. The van der Waals surface area contributed by atoms with Crippen molar-refractivity contribution in [3.63, 3.8) is 0 Å². The fourth-order valence-electron chi connectivity index (χ4n) is 5.54. The molecule has 4 heterocycles. The standard InChI is InChI=1S/C34H28F2N4O8/c1-39-18-23(33(42)40(34(39)43)21-5-2-19(35)3-6-21)32(41)38-20-4-7-26(24(36)16-20)48-27-8-11-37-25-17-28(47-22-9-12-44-13-10-22)30-31(29(25)27)46-15-14-45-30/h2-8,11,16-18,22H,9-10,12-15H2,1H3,(H,38,41). The van der Waals surface area contributed by atoms with E-state index in [0.717, 1.165) is 46.4 Å². The van der Waals surface area contributed by atoms with E-state index < -0.39 is 34.4 Å². The molecule has 1 N–H and O–H groups in total. The van der Waals surface area contributed by atoms with Gasteiger partial charge in [0.05, 0.1) is 29.8 Å². The SMILES string of the molecule is Cn1cc(C(=O)Nc2ccc(Oc3ccnc4cc(OC5CCOCC5)c5c(c34)OCCO5)c(F)c2)c(=O)n(-c2ccc(F)cc2)c1=O. The molecule has 246 valence electrons. The molecule has 48 heavy (non-hydrogen) atoms. The topological polar surface area (TPSA) is 132 Å². The summed E-state index contributed by atoms with van der Waals surface area (Å²) in [7, 11) is 1.36. The number of anilines is 1. The lowest BCUT2D eigenvalue weighted by atomic mass is 10.1. The van der Waals surface area contributed by atoms with Gasteiger partial charge in [-0.25, -0.2) is 18.1 Å². The zero-order valence-corrected chi connectivity index (χ0v) is 25.5. The normalized spacial score (nSPS) is 14.5. The first kappa shape index (κ1) is 30.9. The summed E-state index contributed by atoms with van der Waals surface area (Å²) in [6, 6.07) is 11.7. The third-order valence-electron chi connectivity index (χ3n) is 7.89. The molecule has 0 unspecified atom stereocenters. The molecule has 3 aromatic carbocycles. The van der Waals surface area contributed by atoms with Crippen LogP contribution in [-0.2, 0) is 11.8 Å². The number of nitrogens with one attached hydrogen (secondary N) is 1. The Bertz CT molecular complexity index is 2160. The lowest BCUT2D eigenvalue weighted by Crippen LogP contribution is -2.41. The second-order valence-electron chi connectivity index (χ2n) is 11.1. The summed E-state index contributed by atoms with van der Waals surface area (Å²) in [5.74, 6) is -0.894. The number of benzene rings is 3. The minimum atomic E-state index is -0.928. The van der Waals surface area contributed by atoms with Crippen LogP contribution in [0.4, 0.5) is 14.5 Å². The molecule has 0 radical (unpaired) electrons. The molecule has 2 aliphatic heterocycles. The molecule has 7 rings (SSSR count). The van der Waals surface area contributed by atoms with Crippen LogP contribution in [-0.4, -0.2) is 52.6 Å². The quantitative estimate of drug-likeness (QED) is 0.264. The van der Waals surface area contributed by atoms with E-state index in [1.54, 1.807) is 12.1 Å². The number of amides is 1. The van der Waals surface area contributed by atoms with Crippen molar-refractivity contribution in [3.8, 4) is 34.4 Å². The Morgan fingerprint density at radius 3 is 2.42 bits per heavy atom. The number of nitrogens with zero attached hydrogens (tertiary/aromatic N) is 3. The minimum absolute atomic E-state index is 0.0232. The Labute approximate surface area is 271 Å². The van der Waals surface area contributed by atoms with Gasteiger partial charge in [-0.1, -0.05) is 0 Å². The van der Waals surface area contributed by atoms with E-state index >= 15 is 4.39 Å². The smallest absolute Gasteiger partial charge is 0.335 e. The number of aryl methyl sites for hydroxylation is 1. The number of aromatic nitrogens is 3. The number of pyridine rings is 1. The van der Waals surface area contributed by atoms with Crippen LogP contribution >= 0.6 is 0 Å². The first-order valence-corrected chi connectivity index (χ1v) is 15.1. The number of rotatable bonds is 7. The minimum Gasteiger partial charge on any atom is -0.486 e. The van der Waals surface area contributed by atoms with Gasteiger partial charge in [-0.05, 0) is 42.5 Å². The van der Waals surface area contributed by atoms with Crippen molar-refractivity contribution in [1.29, 1.82) is 0 Å². The third kappa shape index (κ3) is 5.93. The molecule has 0 aliphatic carbocycles. The fourth-order valence-corrected chi connectivity index (χ4v) is 5.54. The highest BCUT2D eigenvalue weighted by Crippen LogP contribution is 2.49. The van der Waals surface area contributed by atoms with E-state index in [1.165, 1.54) is 37.5 Å². The summed E-state index contributed by atoms with van der Waals surface area (Å²) in [4.78, 5) is 43.5. The molecule has 1 fully saturated rings. The predicted octanol–water partition coefficient (Wildman–Crippen LogP) is 4.74. The van der Waals surface area contributed by atoms with Crippen molar-refractivity contribution >= 4 is 22.5 Å². The van der Waals surface area contributed by atoms with Gasteiger partial charge in [-0.2, -0.15) is 0 Å². The molecule has 12 nitrogen and oxygen atoms in total. The van der Waals surface area contributed by atoms with Gasteiger partial charge in [0.25, 0.3) is 11.5 Å². The number of fused-ring (bicyclic) bond motifs is 3. The largest absolute Gasteiger partial charge is 0.486 e. The van der Waals surface area contributed by atoms with Gasteiger partial charge in [0.1, 0.15) is 36.4 Å². The van der Waals surface area contributed by atoms with E-state index in [-0.39, 0.29) is 35.6 Å². The van der Waals surface area contributed by atoms with Crippen LogP contribution in [0, 0.1) is 11.6 Å². The van der Waals surface area contributed by atoms with Crippen LogP contribution in [0.1, 0.15) is 23.2 Å². The molecular weight excluding hydrogens is 630 g/mol. The molecule has 14 heteroatoms. The first-order valence-electron chi connectivity index (χ1n) is 15.1. The molecule has 1 saturated heterocycles. The third-order valence-corrected chi connectivity index (χ3v) is 7.89. The van der Waals surface area contributed by atoms with Gasteiger partial charge in [0.15, 0.2) is 23.1 Å².